The zero-order chi connectivity index (χ0) is 21.8. The maximum atomic E-state index is 12.8. The van der Waals surface area contributed by atoms with Crippen LogP contribution in [-0.2, 0) is 17.6 Å². The lowest BCUT2D eigenvalue weighted by molar-refractivity contribution is -0.116. The number of hydrogen-bond donors (Lipinski definition) is 1. The molecule has 0 aliphatic heterocycles. The third kappa shape index (κ3) is 4.43. The standard InChI is InChI=1S/C25H29N3O3/c1-17-16-26-28(21-10-6-8-19-7-4-5-9-20(19)21)25(17)27-24(29)14-12-18-11-13-22(30-2)23(15-18)31-3/h4-5,7,9,11,13,15-16,21H,6,8,10,12,14H2,1-3H3,(H,27,29). The molecule has 0 radical (unpaired) electrons. The van der Waals surface area contributed by atoms with Crippen molar-refractivity contribution >= 4 is 11.7 Å². The smallest absolute Gasteiger partial charge is 0.225 e. The van der Waals surface area contributed by atoms with Crippen LogP contribution in [0.2, 0.25) is 0 Å². The van der Waals surface area contributed by atoms with E-state index in [0.717, 1.165) is 36.2 Å². The van der Waals surface area contributed by atoms with Crippen LogP contribution in [0.5, 0.6) is 11.5 Å². The minimum Gasteiger partial charge on any atom is -0.493 e. The van der Waals surface area contributed by atoms with Crippen LogP contribution in [0.1, 0.15) is 47.6 Å². The monoisotopic (exact) mass is 419 g/mol. The minimum absolute atomic E-state index is 0.0243. The quantitative estimate of drug-likeness (QED) is 0.603. The summed E-state index contributed by atoms with van der Waals surface area (Å²) in [6.07, 6.45) is 6.06. The minimum atomic E-state index is -0.0243. The molecule has 0 fully saturated rings. The van der Waals surface area contributed by atoms with Gasteiger partial charge in [0.05, 0.1) is 26.5 Å². The number of fused-ring (bicyclic) bond motifs is 1. The molecule has 6 heteroatoms. The molecular weight excluding hydrogens is 390 g/mol. The molecule has 1 amide bonds. The largest absolute Gasteiger partial charge is 0.493 e. The molecule has 31 heavy (non-hydrogen) atoms. The Labute approximate surface area is 183 Å². The maximum Gasteiger partial charge on any atom is 0.225 e. The van der Waals surface area contributed by atoms with Crippen molar-refractivity contribution in [2.24, 2.45) is 0 Å². The second-order valence-corrected chi connectivity index (χ2v) is 7.97. The van der Waals surface area contributed by atoms with Crippen molar-refractivity contribution in [2.45, 2.75) is 45.1 Å². The second kappa shape index (κ2) is 9.25. The van der Waals surface area contributed by atoms with Crippen molar-refractivity contribution < 1.29 is 14.3 Å². The molecule has 0 bridgehead atoms. The van der Waals surface area contributed by atoms with Gasteiger partial charge in [0.25, 0.3) is 0 Å². The van der Waals surface area contributed by atoms with Crippen LogP contribution in [0.25, 0.3) is 0 Å². The first-order chi connectivity index (χ1) is 15.1. The van der Waals surface area contributed by atoms with Crippen LogP contribution in [0, 0.1) is 6.92 Å². The van der Waals surface area contributed by atoms with E-state index in [2.05, 4.69) is 34.7 Å². The highest BCUT2D eigenvalue weighted by Crippen LogP contribution is 2.35. The first kappa shape index (κ1) is 21.0. The zero-order valence-electron chi connectivity index (χ0n) is 18.4. The fraction of sp³-hybridized carbons (Fsp3) is 0.360. The lowest BCUT2D eigenvalue weighted by Gasteiger charge is -2.27. The molecule has 162 valence electrons. The molecule has 4 rings (SSSR count). The molecule has 1 atom stereocenters. The number of nitrogens with one attached hydrogen (secondary N) is 1. The molecule has 1 aliphatic rings. The normalized spacial score (nSPS) is 15.3. The van der Waals surface area contributed by atoms with E-state index in [1.165, 1.54) is 11.1 Å². The first-order valence-corrected chi connectivity index (χ1v) is 10.7. The number of carbonyl (C=O) groups excluding carboxylic acids is 1. The molecule has 0 saturated carbocycles. The number of anilines is 1. The summed E-state index contributed by atoms with van der Waals surface area (Å²) >= 11 is 0. The van der Waals surface area contributed by atoms with Crippen LogP contribution < -0.4 is 14.8 Å². The molecule has 0 saturated heterocycles. The molecule has 2 aromatic carbocycles. The molecule has 1 unspecified atom stereocenters. The summed E-state index contributed by atoms with van der Waals surface area (Å²) in [6, 6.07) is 14.4. The van der Waals surface area contributed by atoms with Gasteiger partial charge in [-0.05, 0) is 61.4 Å². The molecule has 0 spiro atoms. The number of methoxy groups -OCH3 is 2. The van der Waals surface area contributed by atoms with Crippen LogP contribution >= 0.6 is 0 Å². The van der Waals surface area contributed by atoms with Crippen LogP contribution in [0.3, 0.4) is 0 Å². The Morgan fingerprint density at radius 2 is 1.97 bits per heavy atom. The van der Waals surface area contributed by atoms with Gasteiger partial charge in [0.1, 0.15) is 5.82 Å². The van der Waals surface area contributed by atoms with Gasteiger partial charge in [-0.1, -0.05) is 30.3 Å². The van der Waals surface area contributed by atoms with Gasteiger partial charge in [-0.2, -0.15) is 5.10 Å². The van der Waals surface area contributed by atoms with Crippen molar-refractivity contribution in [1.82, 2.24) is 9.78 Å². The van der Waals surface area contributed by atoms with E-state index < -0.39 is 0 Å². The van der Waals surface area contributed by atoms with E-state index in [-0.39, 0.29) is 11.9 Å². The summed E-state index contributed by atoms with van der Waals surface area (Å²) in [5.74, 6) is 2.12. The fourth-order valence-electron chi connectivity index (χ4n) is 4.31. The predicted molar refractivity (Wildman–Crippen MR) is 121 cm³/mol. The number of rotatable bonds is 7. The predicted octanol–water partition coefficient (Wildman–Crippen LogP) is 4.71. The average Bonchev–Trinajstić information content (AvgIpc) is 3.16. The van der Waals surface area contributed by atoms with Gasteiger partial charge in [0, 0.05) is 12.0 Å². The Kier molecular flexibility index (Phi) is 6.26. The van der Waals surface area contributed by atoms with E-state index in [1.54, 1.807) is 14.2 Å². The van der Waals surface area contributed by atoms with Crippen molar-refractivity contribution in [3.63, 3.8) is 0 Å². The third-order valence-electron chi connectivity index (χ3n) is 5.96. The third-order valence-corrected chi connectivity index (χ3v) is 5.96. The summed E-state index contributed by atoms with van der Waals surface area (Å²) in [5.41, 5.74) is 4.68. The average molecular weight is 420 g/mol. The molecule has 6 nitrogen and oxygen atoms in total. The zero-order valence-corrected chi connectivity index (χ0v) is 18.4. The van der Waals surface area contributed by atoms with Crippen molar-refractivity contribution in [3.8, 4) is 11.5 Å². The molecular formula is C25H29N3O3. The lowest BCUT2D eigenvalue weighted by atomic mass is 9.88. The van der Waals surface area contributed by atoms with Gasteiger partial charge in [-0.25, -0.2) is 4.68 Å². The van der Waals surface area contributed by atoms with Crippen LogP contribution in [-0.4, -0.2) is 29.9 Å². The second-order valence-electron chi connectivity index (χ2n) is 7.97. The Morgan fingerprint density at radius 3 is 2.77 bits per heavy atom. The maximum absolute atomic E-state index is 12.8. The van der Waals surface area contributed by atoms with Crippen LogP contribution in [0.4, 0.5) is 5.82 Å². The number of hydrogen-bond acceptors (Lipinski definition) is 4. The summed E-state index contributed by atoms with van der Waals surface area (Å²) < 4.78 is 12.6. The first-order valence-electron chi connectivity index (χ1n) is 10.7. The number of carbonyl (C=O) groups is 1. The molecule has 1 heterocycles. The summed E-state index contributed by atoms with van der Waals surface area (Å²) in [4.78, 5) is 12.8. The Balaban J connectivity index is 1.47. The number of benzene rings is 2. The number of nitrogens with zero attached hydrogens (tertiary/aromatic N) is 2. The van der Waals surface area contributed by atoms with Crippen molar-refractivity contribution in [3.05, 3.63) is 70.9 Å². The van der Waals surface area contributed by atoms with E-state index in [9.17, 15) is 4.79 Å². The summed E-state index contributed by atoms with van der Waals surface area (Å²) in [5, 5.41) is 7.74. The van der Waals surface area contributed by atoms with E-state index in [1.807, 2.05) is 36.0 Å². The van der Waals surface area contributed by atoms with Crippen molar-refractivity contribution in [2.75, 3.05) is 19.5 Å². The highest BCUT2D eigenvalue weighted by molar-refractivity contribution is 5.90. The van der Waals surface area contributed by atoms with Gasteiger partial charge in [0.2, 0.25) is 5.91 Å². The lowest BCUT2D eigenvalue weighted by Crippen LogP contribution is -2.22. The SMILES string of the molecule is COc1ccc(CCC(=O)Nc2c(C)cnn2C2CCCc3ccccc32)cc1OC. The Morgan fingerprint density at radius 1 is 1.16 bits per heavy atom. The van der Waals surface area contributed by atoms with Gasteiger partial charge in [0.15, 0.2) is 11.5 Å². The van der Waals surface area contributed by atoms with E-state index in [4.69, 9.17) is 9.47 Å². The van der Waals surface area contributed by atoms with Gasteiger partial charge in [-0.15, -0.1) is 0 Å². The van der Waals surface area contributed by atoms with E-state index >= 15 is 0 Å². The van der Waals surface area contributed by atoms with Crippen LogP contribution in [0.15, 0.2) is 48.7 Å². The summed E-state index contributed by atoms with van der Waals surface area (Å²) in [7, 11) is 3.23. The number of aryl methyl sites for hydroxylation is 3. The topological polar surface area (TPSA) is 65.4 Å². The van der Waals surface area contributed by atoms with E-state index in [0.29, 0.717) is 24.3 Å². The highest BCUT2D eigenvalue weighted by Gasteiger charge is 2.25. The summed E-state index contributed by atoms with van der Waals surface area (Å²) in [6.45, 7) is 1.99. The molecule has 1 N–H and O–H groups in total. The van der Waals surface area contributed by atoms with Gasteiger partial charge in [-0.3, -0.25) is 4.79 Å². The Bertz CT molecular complexity index is 1070. The number of amides is 1. The van der Waals surface area contributed by atoms with Crippen molar-refractivity contribution in [1.29, 1.82) is 0 Å². The molecule has 3 aromatic rings. The van der Waals surface area contributed by atoms with Gasteiger partial charge < -0.3 is 14.8 Å². The fourth-order valence-corrected chi connectivity index (χ4v) is 4.31. The number of ether oxygens (including phenoxy) is 2. The van der Waals surface area contributed by atoms with Gasteiger partial charge >= 0.3 is 0 Å². The highest BCUT2D eigenvalue weighted by atomic mass is 16.5. The number of aromatic nitrogens is 2. The molecule has 1 aliphatic carbocycles. The molecule has 1 aromatic heterocycles. The Hall–Kier alpha value is -3.28.